The van der Waals surface area contributed by atoms with E-state index in [4.69, 9.17) is 0 Å². The molecule has 0 spiro atoms. The molecule has 9 heavy (non-hydrogen) atoms. The Morgan fingerprint density at radius 3 is 2.00 bits per heavy atom. The van der Waals surface area contributed by atoms with Gasteiger partial charge in [-0.15, -0.1) is 0 Å². The Balaban J connectivity index is -0.000000180. The van der Waals surface area contributed by atoms with Crippen LogP contribution in [0.25, 0.3) is 0 Å². The molecule has 0 rings (SSSR count). The third-order valence-electron chi connectivity index (χ3n) is 0.604. The molecule has 0 aliphatic heterocycles. The van der Waals surface area contributed by atoms with E-state index in [1.54, 1.807) is 6.92 Å². The fourth-order valence-electron chi connectivity index (χ4n) is 0.201. The molecule has 0 aliphatic carbocycles. The molecular formula is C4H12ClNO3. The molecule has 0 saturated carbocycles. The molecule has 5 heteroatoms. The van der Waals surface area contributed by atoms with Crippen LogP contribution in [0.5, 0.6) is 0 Å². The smallest absolute Gasteiger partial charge is 0.364 e. The lowest BCUT2D eigenvalue weighted by molar-refractivity contribution is -0.402. The average molecular weight is 158 g/mol. The number of halogens is 1. The number of carbonyl (C=O) groups is 1. The molecule has 0 heterocycles. The monoisotopic (exact) mass is 157 g/mol. The van der Waals surface area contributed by atoms with Gasteiger partial charge in [0.1, 0.15) is 0 Å². The van der Waals surface area contributed by atoms with E-state index in [9.17, 15) is 4.79 Å². The molecule has 0 saturated heterocycles. The summed E-state index contributed by atoms with van der Waals surface area (Å²) in [4.78, 5) is 10.2. The van der Waals surface area contributed by atoms with E-state index >= 15 is 0 Å². The maximum absolute atomic E-state index is 10.2. The Kier molecular flexibility index (Phi) is 13.5. The van der Waals surface area contributed by atoms with Crippen molar-refractivity contribution in [3.63, 3.8) is 0 Å². The normalized spacial score (nSPS) is 10.1. The summed E-state index contributed by atoms with van der Waals surface area (Å²) in [6.45, 7) is 1.69. The van der Waals surface area contributed by atoms with Crippen LogP contribution in [0.15, 0.2) is 0 Å². The average Bonchev–Trinajstić information content (AvgIpc) is 1.65. The fourth-order valence-corrected chi connectivity index (χ4v) is 0.201. The molecule has 58 valence electrons. The zero-order valence-corrected chi connectivity index (χ0v) is 6.23. The molecule has 4 nitrogen and oxygen atoms in total. The molecule has 0 bridgehead atoms. The molecule has 0 aromatic carbocycles. The van der Waals surface area contributed by atoms with Crippen molar-refractivity contribution in [3.05, 3.63) is 0 Å². The van der Waals surface area contributed by atoms with Gasteiger partial charge in [-0.1, -0.05) is 0 Å². The molecule has 1 atom stereocenters. The molecular weight excluding hydrogens is 146 g/mol. The van der Waals surface area contributed by atoms with E-state index in [-0.39, 0.29) is 29.9 Å². The molecule has 0 radical (unpaired) electrons. The fraction of sp³-hybridized carbons (Fsp3) is 0.750. The summed E-state index contributed by atoms with van der Waals surface area (Å²) in [7, 11) is 1.35. The highest BCUT2D eigenvalue weighted by Gasteiger charge is 2.08. The largest absolute Gasteiger partial charge is 1.00 e. The van der Waals surface area contributed by atoms with Crippen molar-refractivity contribution >= 4 is 5.97 Å². The minimum Gasteiger partial charge on any atom is -1.00 e. The third-order valence-corrected chi connectivity index (χ3v) is 0.604. The predicted molar refractivity (Wildman–Crippen MR) is 28.0 cm³/mol. The van der Waals surface area contributed by atoms with Gasteiger partial charge >= 0.3 is 5.97 Å². The van der Waals surface area contributed by atoms with E-state index < -0.39 is 0 Å². The first kappa shape index (κ1) is 15.9. The minimum absolute atomic E-state index is 0. The minimum atomic E-state index is -0.264. The summed E-state index contributed by atoms with van der Waals surface area (Å²) in [5.74, 6) is -0.264. The second-order valence-electron chi connectivity index (χ2n) is 1.42. The second kappa shape index (κ2) is 7.68. The van der Waals surface area contributed by atoms with Gasteiger partial charge in [0.25, 0.3) is 0 Å². The van der Waals surface area contributed by atoms with Crippen molar-refractivity contribution in [1.29, 1.82) is 0 Å². The van der Waals surface area contributed by atoms with Crippen molar-refractivity contribution in [2.45, 2.75) is 13.0 Å². The number of rotatable bonds is 1. The number of carbonyl (C=O) groups excluding carboxylic acids is 1. The van der Waals surface area contributed by atoms with E-state index in [1.165, 1.54) is 7.11 Å². The van der Waals surface area contributed by atoms with Gasteiger partial charge in [-0.25, -0.2) is 4.79 Å². The van der Waals surface area contributed by atoms with E-state index in [0.717, 1.165) is 0 Å². The first-order valence-corrected chi connectivity index (χ1v) is 2.09. The summed E-state index contributed by atoms with van der Waals surface area (Å²) in [6.07, 6.45) is 0. The van der Waals surface area contributed by atoms with Crippen LogP contribution in [0, 0.1) is 0 Å². The summed E-state index contributed by atoms with van der Waals surface area (Å²) >= 11 is 0. The van der Waals surface area contributed by atoms with Gasteiger partial charge in [-0.3, -0.25) is 0 Å². The standard InChI is InChI=1S/C4H9NO2.ClH.H2O/c1-3(5)4(6)7-2;;/h3H,5H2,1-2H3;1H;1H2/t3-;;/m0../s1. The Morgan fingerprint density at radius 1 is 1.67 bits per heavy atom. The van der Waals surface area contributed by atoms with Gasteiger partial charge in [0.15, 0.2) is 6.04 Å². The zero-order valence-electron chi connectivity index (χ0n) is 5.48. The molecule has 5 N–H and O–H groups in total. The maximum Gasteiger partial charge on any atom is 0.364 e. The molecule has 0 aliphatic rings. The Hall–Kier alpha value is -0.320. The van der Waals surface area contributed by atoms with Crippen LogP contribution in [-0.4, -0.2) is 24.6 Å². The van der Waals surface area contributed by atoms with Gasteiger partial charge in [-0.05, 0) is 6.92 Å². The van der Waals surface area contributed by atoms with Gasteiger partial charge in [0.05, 0.1) is 7.11 Å². The van der Waals surface area contributed by atoms with Crippen molar-refractivity contribution in [2.75, 3.05) is 7.11 Å². The van der Waals surface area contributed by atoms with Crippen LogP contribution >= 0.6 is 0 Å². The predicted octanol–water partition coefficient (Wildman–Crippen LogP) is -5.03. The number of esters is 1. The summed E-state index contributed by atoms with van der Waals surface area (Å²) in [6, 6.07) is -0.245. The first-order chi connectivity index (χ1) is 3.18. The summed E-state index contributed by atoms with van der Waals surface area (Å²) in [5, 5.41) is 0. The van der Waals surface area contributed by atoms with Crippen LogP contribution in [0.4, 0.5) is 0 Å². The van der Waals surface area contributed by atoms with Gasteiger partial charge in [0, 0.05) is 0 Å². The Bertz CT molecular complexity index is 76.2. The highest BCUT2D eigenvalue weighted by molar-refractivity contribution is 5.73. The lowest BCUT2D eigenvalue weighted by Gasteiger charge is -1.95. The van der Waals surface area contributed by atoms with Gasteiger partial charge < -0.3 is 28.4 Å². The van der Waals surface area contributed by atoms with E-state index in [2.05, 4.69) is 10.5 Å². The molecule has 0 amide bonds. The molecule has 0 aromatic rings. The quantitative estimate of drug-likeness (QED) is 0.387. The van der Waals surface area contributed by atoms with Crippen molar-refractivity contribution in [1.82, 2.24) is 0 Å². The van der Waals surface area contributed by atoms with Crippen LogP contribution in [0.2, 0.25) is 0 Å². The highest BCUT2D eigenvalue weighted by Crippen LogP contribution is 1.73. The zero-order chi connectivity index (χ0) is 5.86. The SMILES string of the molecule is COC(=O)[C@H](C)[NH3+].O.[Cl-]. The summed E-state index contributed by atoms with van der Waals surface area (Å²) in [5.41, 5.74) is 3.43. The molecule has 0 aromatic heterocycles. The molecule has 0 fully saturated rings. The maximum atomic E-state index is 10.2. The number of hydrogen-bond acceptors (Lipinski definition) is 2. The van der Waals surface area contributed by atoms with Gasteiger partial charge in [0.2, 0.25) is 0 Å². The van der Waals surface area contributed by atoms with E-state index in [1.807, 2.05) is 0 Å². The van der Waals surface area contributed by atoms with Crippen molar-refractivity contribution in [3.8, 4) is 0 Å². The lowest BCUT2D eigenvalue weighted by Crippen LogP contribution is -3.00. The van der Waals surface area contributed by atoms with Crippen LogP contribution < -0.4 is 18.1 Å². The number of ether oxygens (including phenoxy) is 1. The Morgan fingerprint density at radius 2 is 2.00 bits per heavy atom. The summed E-state index contributed by atoms with van der Waals surface area (Å²) < 4.78 is 4.31. The number of methoxy groups -OCH3 is 1. The van der Waals surface area contributed by atoms with Crippen LogP contribution in [0.1, 0.15) is 6.92 Å². The Labute approximate surface area is 60.1 Å². The van der Waals surface area contributed by atoms with E-state index in [0.29, 0.717) is 0 Å². The highest BCUT2D eigenvalue weighted by atomic mass is 35.5. The van der Waals surface area contributed by atoms with Crippen molar-refractivity contribution in [2.24, 2.45) is 0 Å². The molecule has 0 unspecified atom stereocenters. The first-order valence-electron chi connectivity index (χ1n) is 2.09. The van der Waals surface area contributed by atoms with Gasteiger partial charge in [-0.2, -0.15) is 0 Å². The number of quaternary nitrogens is 1. The second-order valence-corrected chi connectivity index (χ2v) is 1.42. The van der Waals surface area contributed by atoms with Crippen LogP contribution in [0.3, 0.4) is 0 Å². The van der Waals surface area contributed by atoms with Crippen molar-refractivity contribution < 1.29 is 33.1 Å². The topological polar surface area (TPSA) is 85.4 Å². The third kappa shape index (κ3) is 7.68. The number of hydrogen-bond donors (Lipinski definition) is 1. The lowest BCUT2D eigenvalue weighted by atomic mass is 10.4. The van der Waals surface area contributed by atoms with Crippen LogP contribution in [-0.2, 0) is 9.53 Å².